The van der Waals surface area contributed by atoms with Gasteiger partial charge >= 0.3 is 0 Å². The first-order valence-electron chi connectivity index (χ1n) is 11.9. The molecular weight excluding hydrogens is 520 g/mol. The third-order valence-corrected chi connectivity index (χ3v) is 7.32. The molecule has 0 bridgehead atoms. The zero-order valence-electron chi connectivity index (χ0n) is 20.0. The number of amidine groups is 2. The molecule has 0 radical (unpaired) electrons. The minimum absolute atomic E-state index is 0.000383. The Hall–Kier alpha value is -4.21. The molecule has 0 spiro atoms. The molecule has 1 amide bonds. The van der Waals surface area contributed by atoms with Gasteiger partial charge in [0.25, 0.3) is 5.91 Å². The van der Waals surface area contributed by atoms with Gasteiger partial charge in [-0.25, -0.2) is 0 Å². The molecule has 0 fully saturated rings. The lowest BCUT2D eigenvalue weighted by atomic mass is 10.1. The first-order chi connectivity index (χ1) is 18.6. The van der Waals surface area contributed by atoms with Crippen LogP contribution in [0.3, 0.4) is 0 Å². The van der Waals surface area contributed by atoms with E-state index < -0.39 is 5.91 Å². The van der Waals surface area contributed by atoms with Crippen LogP contribution in [0.5, 0.6) is 5.75 Å². The zero-order chi connectivity index (χ0) is 26.1. The van der Waals surface area contributed by atoms with Crippen LogP contribution in [0, 0.1) is 5.41 Å². The van der Waals surface area contributed by atoms with Crippen molar-refractivity contribution in [3.8, 4) is 5.75 Å². The van der Waals surface area contributed by atoms with Gasteiger partial charge in [0.1, 0.15) is 10.8 Å². The summed E-state index contributed by atoms with van der Waals surface area (Å²) in [5.41, 5.74) is 2.88. The number of fused-ring (bicyclic) bond motifs is 2. The summed E-state index contributed by atoms with van der Waals surface area (Å²) in [4.78, 5) is 21.3. The topological polar surface area (TPSA) is 95.9 Å². The number of aryl methyl sites for hydroxylation is 1. The van der Waals surface area contributed by atoms with Crippen molar-refractivity contribution in [2.75, 3.05) is 6.61 Å². The Labute approximate surface area is 227 Å². The molecule has 2 aromatic heterocycles. The molecule has 4 aromatic rings. The summed E-state index contributed by atoms with van der Waals surface area (Å²) >= 11 is 7.19. The first-order valence-corrected chi connectivity index (χ1v) is 13.1. The molecule has 2 aliphatic heterocycles. The first kappa shape index (κ1) is 24.1. The molecule has 188 valence electrons. The fourth-order valence-corrected chi connectivity index (χ4v) is 5.29. The van der Waals surface area contributed by atoms with Crippen LogP contribution >= 0.6 is 23.4 Å². The zero-order valence-corrected chi connectivity index (χ0v) is 21.6. The van der Waals surface area contributed by atoms with Crippen molar-refractivity contribution in [1.29, 1.82) is 5.41 Å². The van der Waals surface area contributed by atoms with Gasteiger partial charge in [0, 0.05) is 52.2 Å². The number of amides is 1. The molecule has 6 rings (SSSR count). The normalized spacial score (nSPS) is 16.1. The lowest BCUT2D eigenvalue weighted by molar-refractivity contribution is -0.114. The highest BCUT2D eigenvalue weighted by atomic mass is 35.5. The van der Waals surface area contributed by atoms with Gasteiger partial charge in [-0.1, -0.05) is 29.8 Å². The van der Waals surface area contributed by atoms with Crippen LogP contribution in [0.4, 0.5) is 0 Å². The highest BCUT2D eigenvalue weighted by molar-refractivity contribution is 8.27. The predicted molar refractivity (Wildman–Crippen MR) is 152 cm³/mol. The summed E-state index contributed by atoms with van der Waals surface area (Å²) in [5.74, 6) is 0.324. The summed E-state index contributed by atoms with van der Waals surface area (Å²) in [6.45, 7) is 1.28. The van der Waals surface area contributed by atoms with Crippen molar-refractivity contribution in [2.45, 2.75) is 13.0 Å². The van der Waals surface area contributed by atoms with E-state index in [4.69, 9.17) is 21.7 Å². The molecule has 0 unspecified atom stereocenters. The van der Waals surface area contributed by atoms with Crippen molar-refractivity contribution < 1.29 is 9.53 Å². The fraction of sp³-hybridized carbons (Fsp3) is 0.107. The number of hydrogen-bond donors (Lipinski definition) is 1. The standard InChI is InChI=1S/C28H21ClN6O2S/c29-20-8-10-21(11-9-20)37-14-4-13-34-17-19(22-6-1-2-7-24(22)34)15-23-25(30)35-28(32-26(23)36)38-27(33-35)18-5-3-12-31-16-18/h1-3,5-12,15-17,30H,4,13-14H2/b23-15-,30-25?. The maximum absolute atomic E-state index is 13.0. The van der Waals surface area contributed by atoms with E-state index in [0.29, 0.717) is 21.8 Å². The van der Waals surface area contributed by atoms with Gasteiger partial charge in [-0.3, -0.25) is 15.2 Å². The number of benzene rings is 2. The number of rotatable bonds is 7. The summed E-state index contributed by atoms with van der Waals surface area (Å²) in [6.07, 6.45) is 7.90. The molecule has 38 heavy (non-hydrogen) atoms. The third-order valence-electron chi connectivity index (χ3n) is 6.11. The van der Waals surface area contributed by atoms with Crippen LogP contribution in [0.2, 0.25) is 5.02 Å². The number of thioether (sulfide) groups is 1. The van der Waals surface area contributed by atoms with E-state index in [0.717, 1.165) is 40.7 Å². The van der Waals surface area contributed by atoms with Gasteiger partial charge in [0.15, 0.2) is 5.84 Å². The third kappa shape index (κ3) is 4.73. The second kappa shape index (κ2) is 10.3. The number of hydrazone groups is 1. The highest BCUT2D eigenvalue weighted by Gasteiger charge is 2.36. The van der Waals surface area contributed by atoms with Crippen LogP contribution < -0.4 is 4.74 Å². The second-order valence-electron chi connectivity index (χ2n) is 8.62. The smallest absolute Gasteiger partial charge is 0.283 e. The van der Waals surface area contributed by atoms with Crippen LogP contribution in [-0.4, -0.2) is 43.1 Å². The second-order valence-corrected chi connectivity index (χ2v) is 10.0. The van der Waals surface area contributed by atoms with Gasteiger partial charge < -0.3 is 9.30 Å². The molecule has 0 saturated carbocycles. The molecule has 4 heterocycles. The molecule has 0 saturated heterocycles. The number of nitrogens with one attached hydrogen (secondary N) is 1. The Morgan fingerprint density at radius 3 is 2.74 bits per heavy atom. The number of aliphatic imine (C=N–C) groups is 1. The molecule has 0 atom stereocenters. The van der Waals surface area contributed by atoms with Crippen LogP contribution in [0.1, 0.15) is 17.5 Å². The monoisotopic (exact) mass is 540 g/mol. The lowest BCUT2D eigenvalue weighted by Crippen LogP contribution is -2.35. The molecule has 2 aliphatic rings. The summed E-state index contributed by atoms with van der Waals surface area (Å²) in [7, 11) is 0. The molecular formula is C28H21ClN6O2S. The van der Waals surface area contributed by atoms with Crippen molar-refractivity contribution in [2.24, 2.45) is 10.1 Å². The fourth-order valence-electron chi connectivity index (χ4n) is 4.28. The maximum atomic E-state index is 13.0. The van der Waals surface area contributed by atoms with E-state index in [1.54, 1.807) is 30.6 Å². The number of halogens is 1. The summed E-state index contributed by atoms with van der Waals surface area (Å²) < 4.78 is 7.98. The number of pyridine rings is 1. The number of para-hydroxylation sites is 1. The van der Waals surface area contributed by atoms with Crippen molar-refractivity contribution in [1.82, 2.24) is 14.6 Å². The molecule has 2 aromatic carbocycles. The number of aromatic nitrogens is 2. The maximum Gasteiger partial charge on any atom is 0.283 e. The number of carbonyl (C=O) groups is 1. The van der Waals surface area contributed by atoms with Crippen molar-refractivity contribution >= 4 is 62.3 Å². The quantitative estimate of drug-likeness (QED) is 0.235. The predicted octanol–water partition coefficient (Wildman–Crippen LogP) is 5.83. The number of carbonyl (C=O) groups excluding carboxylic acids is 1. The van der Waals surface area contributed by atoms with Crippen LogP contribution in [0.25, 0.3) is 17.0 Å². The van der Waals surface area contributed by atoms with E-state index in [1.807, 2.05) is 54.7 Å². The lowest BCUT2D eigenvalue weighted by Gasteiger charge is -2.20. The van der Waals surface area contributed by atoms with Gasteiger partial charge in [-0.15, -0.1) is 0 Å². The Kier molecular flexibility index (Phi) is 6.53. The molecule has 10 heteroatoms. The molecule has 0 aliphatic carbocycles. The van der Waals surface area contributed by atoms with E-state index in [9.17, 15) is 4.79 Å². The van der Waals surface area contributed by atoms with Crippen LogP contribution in [0.15, 0.2) is 94.9 Å². The Morgan fingerprint density at radius 1 is 1.08 bits per heavy atom. The summed E-state index contributed by atoms with van der Waals surface area (Å²) in [5, 5.41) is 17.4. The van der Waals surface area contributed by atoms with Gasteiger partial charge in [-0.05, 0) is 66.7 Å². The van der Waals surface area contributed by atoms with E-state index in [2.05, 4.69) is 19.6 Å². The largest absolute Gasteiger partial charge is 0.494 e. The minimum Gasteiger partial charge on any atom is -0.494 e. The van der Waals surface area contributed by atoms with Gasteiger partial charge in [0.05, 0.1) is 12.2 Å². The van der Waals surface area contributed by atoms with E-state index in [-0.39, 0.29) is 11.4 Å². The Bertz CT molecular complexity index is 1640. The minimum atomic E-state index is -0.454. The van der Waals surface area contributed by atoms with Gasteiger partial charge in [-0.2, -0.15) is 15.1 Å². The number of nitrogens with zero attached hydrogens (tertiary/aromatic N) is 5. The van der Waals surface area contributed by atoms with Crippen LogP contribution in [-0.2, 0) is 11.3 Å². The number of hydrogen-bond acceptors (Lipinski definition) is 6. The van der Waals surface area contributed by atoms with Crippen molar-refractivity contribution in [3.05, 3.63) is 101 Å². The van der Waals surface area contributed by atoms with Crippen molar-refractivity contribution in [3.63, 3.8) is 0 Å². The highest BCUT2D eigenvalue weighted by Crippen LogP contribution is 2.32. The Morgan fingerprint density at radius 2 is 1.92 bits per heavy atom. The van der Waals surface area contributed by atoms with E-state index in [1.165, 1.54) is 16.8 Å². The van der Waals surface area contributed by atoms with E-state index >= 15 is 0 Å². The summed E-state index contributed by atoms with van der Waals surface area (Å²) in [6, 6.07) is 19.0. The average molecular weight is 541 g/mol. The molecule has 8 nitrogen and oxygen atoms in total. The number of ether oxygens (including phenoxy) is 1. The average Bonchev–Trinajstić information content (AvgIpc) is 3.52. The SMILES string of the molecule is N=C1/C(=C/c2cn(CCCOc3ccc(Cl)cc3)c3ccccc23)C(=O)N=C2SC(c3cccnc3)=NN12. The Balaban J connectivity index is 1.23. The van der Waals surface area contributed by atoms with Gasteiger partial charge in [0.2, 0.25) is 5.17 Å². The molecule has 1 N–H and O–H groups in total.